The number of anilines is 1. The van der Waals surface area contributed by atoms with Crippen LogP contribution in [0.2, 0.25) is 0 Å². The molecule has 0 radical (unpaired) electrons. The van der Waals surface area contributed by atoms with Crippen molar-refractivity contribution < 1.29 is 4.79 Å². The van der Waals surface area contributed by atoms with Gasteiger partial charge in [0.2, 0.25) is 5.91 Å². The van der Waals surface area contributed by atoms with Gasteiger partial charge in [0.25, 0.3) is 0 Å². The molecule has 0 saturated carbocycles. The highest BCUT2D eigenvalue weighted by Gasteiger charge is 2.38. The van der Waals surface area contributed by atoms with Crippen LogP contribution in [0.1, 0.15) is 45.2 Å². The van der Waals surface area contributed by atoms with E-state index >= 15 is 0 Å². The number of carbonyl (C=O) groups excluding carboxylic acids is 1. The van der Waals surface area contributed by atoms with E-state index in [0.29, 0.717) is 0 Å². The molecule has 0 heterocycles. The van der Waals surface area contributed by atoms with Crippen LogP contribution in [0.25, 0.3) is 0 Å². The Bertz CT molecular complexity index is 698. The van der Waals surface area contributed by atoms with Crippen LogP contribution in [0.5, 0.6) is 0 Å². The van der Waals surface area contributed by atoms with Gasteiger partial charge in [-0.05, 0) is 55.5 Å². The molecule has 24 heavy (non-hydrogen) atoms. The number of rotatable bonds is 4. The van der Waals surface area contributed by atoms with Crippen molar-refractivity contribution in [3.05, 3.63) is 64.1 Å². The van der Waals surface area contributed by atoms with Gasteiger partial charge in [0.05, 0.1) is 5.41 Å². The first kappa shape index (κ1) is 18.7. The van der Waals surface area contributed by atoms with Gasteiger partial charge in [0.15, 0.2) is 0 Å². The van der Waals surface area contributed by atoms with Crippen molar-refractivity contribution in [1.82, 2.24) is 0 Å². The quantitative estimate of drug-likeness (QED) is 0.675. The summed E-state index contributed by atoms with van der Waals surface area (Å²) in [5.41, 5.74) is 2.52. The zero-order valence-electron chi connectivity index (χ0n) is 15.1. The van der Waals surface area contributed by atoms with Gasteiger partial charge in [-0.2, -0.15) is 0 Å². The van der Waals surface area contributed by atoms with Crippen LogP contribution in [0.4, 0.5) is 5.69 Å². The van der Waals surface area contributed by atoms with Gasteiger partial charge in [-0.25, -0.2) is 0 Å². The van der Waals surface area contributed by atoms with E-state index in [2.05, 4.69) is 73.2 Å². The first-order valence-electron chi connectivity index (χ1n) is 8.24. The van der Waals surface area contributed by atoms with Crippen molar-refractivity contribution in [1.29, 1.82) is 0 Å². The SMILES string of the molecule is Cc1ccc([C@@](C)(CC(C)(C)C)C(=O)Nc2ccc(Br)cc2)cc1. The number of hydrogen-bond donors (Lipinski definition) is 1. The highest BCUT2D eigenvalue weighted by atomic mass is 79.9. The summed E-state index contributed by atoms with van der Waals surface area (Å²) in [5.74, 6) is 0.0311. The first-order valence-corrected chi connectivity index (χ1v) is 9.04. The number of benzene rings is 2. The fourth-order valence-corrected chi connectivity index (χ4v) is 3.36. The summed E-state index contributed by atoms with van der Waals surface area (Å²) < 4.78 is 0.997. The minimum atomic E-state index is -0.584. The maximum Gasteiger partial charge on any atom is 0.234 e. The summed E-state index contributed by atoms with van der Waals surface area (Å²) in [6.07, 6.45) is 0.769. The lowest BCUT2D eigenvalue weighted by molar-refractivity contribution is -0.122. The van der Waals surface area contributed by atoms with Crippen LogP contribution in [-0.2, 0) is 10.2 Å². The zero-order chi connectivity index (χ0) is 18.0. The predicted molar refractivity (Wildman–Crippen MR) is 105 cm³/mol. The Hall–Kier alpha value is -1.61. The number of halogens is 1. The van der Waals surface area contributed by atoms with Gasteiger partial charge in [-0.1, -0.05) is 66.5 Å². The van der Waals surface area contributed by atoms with Gasteiger partial charge in [0, 0.05) is 10.2 Å². The van der Waals surface area contributed by atoms with Crippen molar-refractivity contribution >= 4 is 27.5 Å². The molecule has 0 aliphatic rings. The summed E-state index contributed by atoms with van der Waals surface area (Å²) in [4.78, 5) is 13.2. The standard InChI is InChI=1S/C21H26BrNO/c1-15-6-8-16(9-7-15)21(5,14-20(2,3)4)19(24)23-18-12-10-17(22)11-13-18/h6-13H,14H2,1-5H3,(H,23,24)/t21-/m1/s1. The third kappa shape index (κ3) is 4.70. The van der Waals surface area contributed by atoms with E-state index in [1.54, 1.807) is 0 Å². The fraction of sp³-hybridized carbons (Fsp3) is 0.381. The molecule has 1 amide bonds. The molecular formula is C21H26BrNO. The van der Waals surface area contributed by atoms with E-state index < -0.39 is 5.41 Å². The van der Waals surface area contributed by atoms with E-state index in [-0.39, 0.29) is 11.3 Å². The number of amides is 1. The second-order valence-electron chi connectivity index (χ2n) is 7.90. The highest BCUT2D eigenvalue weighted by Crippen LogP contribution is 2.38. The Morgan fingerprint density at radius 1 is 0.958 bits per heavy atom. The minimum Gasteiger partial charge on any atom is -0.325 e. The lowest BCUT2D eigenvalue weighted by Crippen LogP contribution is -2.40. The monoisotopic (exact) mass is 387 g/mol. The van der Waals surface area contributed by atoms with Gasteiger partial charge in [0.1, 0.15) is 0 Å². The fourth-order valence-electron chi connectivity index (χ4n) is 3.10. The molecule has 0 saturated heterocycles. The second-order valence-corrected chi connectivity index (χ2v) is 8.81. The molecule has 2 nitrogen and oxygen atoms in total. The molecule has 3 heteroatoms. The van der Waals surface area contributed by atoms with Gasteiger partial charge in [-0.15, -0.1) is 0 Å². The minimum absolute atomic E-state index is 0.0311. The lowest BCUT2D eigenvalue weighted by Gasteiger charge is -2.35. The van der Waals surface area contributed by atoms with Crippen LogP contribution in [0, 0.1) is 12.3 Å². The molecule has 1 atom stereocenters. The number of nitrogens with one attached hydrogen (secondary N) is 1. The highest BCUT2D eigenvalue weighted by molar-refractivity contribution is 9.10. The zero-order valence-corrected chi connectivity index (χ0v) is 16.7. The molecule has 0 spiro atoms. The van der Waals surface area contributed by atoms with Gasteiger partial charge >= 0.3 is 0 Å². The molecule has 1 N–H and O–H groups in total. The third-order valence-corrected chi connectivity index (χ3v) is 4.70. The summed E-state index contributed by atoms with van der Waals surface area (Å²) in [5, 5.41) is 3.09. The molecule has 2 aromatic rings. The van der Waals surface area contributed by atoms with Crippen molar-refractivity contribution in [2.24, 2.45) is 5.41 Å². The smallest absolute Gasteiger partial charge is 0.234 e. The molecule has 0 aliphatic heterocycles. The van der Waals surface area contributed by atoms with Crippen molar-refractivity contribution in [3.63, 3.8) is 0 Å². The van der Waals surface area contributed by atoms with Crippen LogP contribution < -0.4 is 5.32 Å². The van der Waals surface area contributed by atoms with E-state index in [0.717, 1.165) is 22.1 Å². The Balaban J connectivity index is 2.35. The van der Waals surface area contributed by atoms with Crippen LogP contribution in [0.3, 0.4) is 0 Å². The summed E-state index contributed by atoms with van der Waals surface area (Å²) in [6.45, 7) is 10.6. The topological polar surface area (TPSA) is 29.1 Å². The number of aryl methyl sites for hydroxylation is 1. The summed E-state index contributed by atoms with van der Waals surface area (Å²) >= 11 is 3.42. The average Bonchev–Trinajstić information content (AvgIpc) is 2.48. The predicted octanol–water partition coefficient (Wildman–Crippen LogP) is 6.09. The molecule has 0 unspecified atom stereocenters. The molecule has 128 valence electrons. The maximum atomic E-state index is 13.2. The molecule has 0 aromatic heterocycles. The number of hydrogen-bond acceptors (Lipinski definition) is 1. The molecule has 0 aliphatic carbocycles. The molecule has 2 rings (SSSR count). The molecule has 0 bridgehead atoms. The average molecular weight is 388 g/mol. The maximum absolute atomic E-state index is 13.2. The van der Waals surface area contributed by atoms with E-state index in [9.17, 15) is 4.79 Å². The lowest BCUT2D eigenvalue weighted by atomic mass is 9.70. The summed E-state index contributed by atoms with van der Waals surface area (Å²) in [6, 6.07) is 16.0. The third-order valence-electron chi connectivity index (χ3n) is 4.18. The van der Waals surface area contributed by atoms with Crippen LogP contribution in [-0.4, -0.2) is 5.91 Å². The normalized spacial score (nSPS) is 14.1. The van der Waals surface area contributed by atoms with Crippen molar-refractivity contribution in [3.8, 4) is 0 Å². The van der Waals surface area contributed by atoms with Gasteiger partial charge in [-0.3, -0.25) is 4.79 Å². The summed E-state index contributed by atoms with van der Waals surface area (Å²) in [7, 11) is 0. The Labute approximate surface area is 153 Å². The first-order chi connectivity index (χ1) is 11.1. The molecular weight excluding hydrogens is 362 g/mol. The van der Waals surface area contributed by atoms with E-state index in [1.165, 1.54) is 5.56 Å². The van der Waals surface area contributed by atoms with E-state index in [4.69, 9.17) is 0 Å². The number of carbonyl (C=O) groups is 1. The largest absolute Gasteiger partial charge is 0.325 e. The van der Waals surface area contributed by atoms with Crippen LogP contribution >= 0.6 is 15.9 Å². The Morgan fingerprint density at radius 3 is 2.00 bits per heavy atom. The Kier molecular flexibility index (Phi) is 5.54. The van der Waals surface area contributed by atoms with E-state index in [1.807, 2.05) is 31.2 Å². The van der Waals surface area contributed by atoms with Gasteiger partial charge < -0.3 is 5.32 Å². The Morgan fingerprint density at radius 2 is 1.50 bits per heavy atom. The molecule has 2 aromatic carbocycles. The molecule has 0 fully saturated rings. The van der Waals surface area contributed by atoms with Crippen LogP contribution in [0.15, 0.2) is 53.0 Å². The van der Waals surface area contributed by atoms with Crippen molar-refractivity contribution in [2.45, 2.75) is 46.5 Å². The second kappa shape index (κ2) is 7.10. The van der Waals surface area contributed by atoms with Crippen molar-refractivity contribution in [2.75, 3.05) is 5.32 Å².